The fourth-order valence-corrected chi connectivity index (χ4v) is 2.45. The Morgan fingerprint density at radius 1 is 0.720 bits per heavy atom. The van der Waals surface area contributed by atoms with Crippen LogP contribution in [0.5, 0.6) is 0 Å². The van der Waals surface area contributed by atoms with Crippen molar-refractivity contribution in [3.05, 3.63) is 90.5 Å². The van der Waals surface area contributed by atoms with Crippen molar-refractivity contribution in [3.63, 3.8) is 0 Å². The quantitative estimate of drug-likeness (QED) is 0.601. The van der Waals surface area contributed by atoms with Gasteiger partial charge in [-0.3, -0.25) is 0 Å². The van der Waals surface area contributed by atoms with Crippen LogP contribution in [0.15, 0.2) is 84.9 Å². The van der Waals surface area contributed by atoms with Gasteiger partial charge in [0.25, 0.3) is 0 Å². The minimum atomic E-state index is 0.640. The number of aromatic nitrogens is 4. The van der Waals surface area contributed by atoms with E-state index in [1.807, 2.05) is 66.7 Å². The monoisotopic (exact) mass is 329 g/mol. The first-order valence-corrected chi connectivity index (χ1v) is 8.01. The van der Waals surface area contributed by atoms with Gasteiger partial charge in [-0.2, -0.15) is 0 Å². The molecule has 0 radical (unpaired) electrons. The summed E-state index contributed by atoms with van der Waals surface area (Å²) in [5.74, 6) is 0.685. The van der Waals surface area contributed by atoms with Crippen LogP contribution in [0.4, 0.5) is 0 Å². The molecule has 0 aliphatic heterocycles. The lowest BCUT2D eigenvalue weighted by atomic mass is 9.99. The molecule has 0 aliphatic rings. The lowest BCUT2D eigenvalue weighted by Crippen LogP contribution is -1.94. The average Bonchev–Trinajstić information content (AvgIpc) is 3.24. The van der Waals surface area contributed by atoms with Crippen molar-refractivity contribution >= 4 is 0 Å². The molecular weight excluding hydrogens is 310 g/mol. The van der Waals surface area contributed by atoms with Crippen molar-refractivity contribution in [1.82, 2.24) is 20.6 Å². The third-order valence-corrected chi connectivity index (χ3v) is 3.69. The predicted octanol–water partition coefficient (Wildman–Crippen LogP) is 3.68. The van der Waals surface area contributed by atoms with Crippen molar-refractivity contribution in [3.8, 4) is 22.5 Å². The number of hydrogen-bond acceptors (Lipinski definition) is 4. The summed E-state index contributed by atoms with van der Waals surface area (Å²) in [4.78, 5) is 0. The molecule has 124 valence electrons. The van der Waals surface area contributed by atoms with Gasteiger partial charge in [0, 0.05) is 12.1 Å². The van der Waals surface area contributed by atoms with Crippen molar-refractivity contribution in [1.29, 1.82) is 0 Å². The van der Waals surface area contributed by atoms with Crippen LogP contribution in [0.25, 0.3) is 22.5 Å². The van der Waals surface area contributed by atoms with Gasteiger partial charge in [-0.25, -0.2) is 5.10 Å². The summed E-state index contributed by atoms with van der Waals surface area (Å²) in [7, 11) is 0. The summed E-state index contributed by atoms with van der Waals surface area (Å²) in [5.41, 5.74) is 9.81. The number of nitrogens with one attached hydrogen (secondary N) is 1. The van der Waals surface area contributed by atoms with E-state index < -0.39 is 0 Å². The number of H-pyrrole nitrogens is 1. The fourth-order valence-electron chi connectivity index (χ4n) is 2.45. The molecule has 3 aromatic carbocycles. The second-order valence-electron chi connectivity index (χ2n) is 5.35. The summed E-state index contributed by atoms with van der Waals surface area (Å²) < 4.78 is 0. The number of aromatic amines is 1. The van der Waals surface area contributed by atoms with Crippen LogP contribution in [0.3, 0.4) is 0 Å². The first kappa shape index (κ1) is 16.5. The molecule has 0 unspecified atom stereocenters. The summed E-state index contributed by atoms with van der Waals surface area (Å²) >= 11 is 0. The molecule has 0 saturated heterocycles. The second-order valence-corrected chi connectivity index (χ2v) is 5.35. The maximum absolute atomic E-state index is 5.35. The Labute approximate surface area is 146 Å². The van der Waals surface area contributed by atoms with E-state index in [0.717, 1.165) is 16.7 Å². The van der Waals surface area contributed by atoms with Crippen LogP contribution in [0.2, 0.25) is 0 Å². The SMILES string of the molecule is NCc1ccccc1.c1ccc(-c2ccccc2-c2nnn[nH]2)cc1. The van der Waals surface area contributed by atoms with Crippen molar-refractivity contribution in [2.45, 2.75) is 6.54 Å². The number of benzene rings is 3. The van der Waals surface area contributed by atoms with Gasteiger partial charge >= 0.3 is 0 Å². The molecule has 4 aromatic rings. The highest BCUT2D eigenvalue weighted by Gasteiger charge is 2.08. The van der Waals surface area contributed by atoms with Gasteiger partial charge in [0.15, 0.2) is 5.82 Å². The van der Waals surface area contributed by atoms with E-state index in [9.17, 15) is 0 Å². The summed E-state index contributed by atoms with van der Waals surface area (Å²) in [6.07, 6.45) is 0. The van der Waals surface area contributed by atoms with Crippen molar-refractivity contribution in [2.24, 2.45) is 5.73 Å². The molecule has 1 heterocycles. The Hall–Kier alpha value is -3.31. The smallest absolute Gasteiger partial charge is 0.180 e. The number of nitrogens with zero attached hydrogens (tertiary/aromatic N) is 3. The summed E-state index contributed by atoms with van der Waals surface area (Å²) in [6, 6.07) is 28.2. The maximum Gasteiger partial charge on any atom is 0.180 e. The third kappa shape index (κ3) is 4.37. The lowest BCUT2D eigenvalue weighted by molar-refractivity contribution is 0.881. The van der Waals surface area contributed by atoms with Gasteiger partial charge in [-0.05, 0) is 27.1 Å². The number of hydrogen-bond donors (Lipinski definition) is 2. The molecule has 0 bridgehead atoms. The zero-order valence-electron chi connectivity index (χ0n) is 13.7. The standard InChI is InChI=1S/C13H10N4.C7H9N/c1-2-6-10(7-3-1)11-8-4-5-9-12(11)13-14-16-17-15-13;8-6-7-4-2-1-3-5-7/h1-9H,(H,14,15,16,17);1-5H,6,8H2. The van der Waals surface area contributed by atoms with Crippen LogP contribution in [0, 0.1) is 0 Å². The predicted molar refractivity (Wildman–Crippen MR) is 99.4 cm³/mol. The Morgan fingerprint density at radius 3 is 1.88 bits per heavy atom. The molecule has 0 amide bonds. The van der Waals surface area contributed by atoms with E-state index in [1.54, 1.807) is 0 Å². The third-order valence-electron chi connectivity index (χ3n) is 3.69. The molecule has 5 heteroatoms. The Balaban J connectivity index is 0.000000192. The molecule has 0 spiro atoms. The fraction of sp³-hybridized carbons (Fsp3) is 0.0500. The van der Waals surface area contributed by atoms with E-state index in [1.165, 1.54) is 5.56 Å². The first-order valence-electron chi connectivity index (χ1n) is 8.01. The summed E-state index contributed by atoms with van der Waals surface area (Å²) in [5, 5.41) is 14.0. The van der Waals surface area contributed by atoms with Gasteiger partial charge in [0.05, 0.1) is 0 Å². The number of nitrogens with two attached hydrogens (primary N) is 1. The van der Waals surface area contributed by atoms with Crippen LogP contribution in [-0.4, -0.2) is 20.6 Å². The van der Waals surface area contributed by atoms with E-state index in [0.29, 0.717) is 12.4 Å². The van der Waals surface area contributed by atoms with Gasteiger partial charge in [-0.1, -0.05) is 84.9 Å². The molecule has 3 N–H and O–H groups in total. The first-order chi connectivity index (χ1) is 12.4. The van der Waals surface area contributed by atoms with Gasteiger partial charge in [0.2, 0.25) is 0 Å². The van der Waals surface area contributed by atoms with Gasteiger partial charge < -0.3 is 5.73 Å². The number of rotatable bonds is 3. The number of tetrazole rings is 1. The molecule has 0 fully saturated rings. The molecular formula is C20H19N5. The molecule has 5 nitrogen and oxygen atoms in total. The average molecular weight is 329 g/mol. The highest BCUT2D eigenvalue weighted by Crippen LogP contribution is 2.28. The zero-order chi connectivity index (χ0) is 17.3. The molecule has 0 aliphatic carbocycles. The van der Waals surface area contributed by atoms with E-state index >= 15 is 0 Å². The molecule has 1 aromatic heterocycles. The highest BCUT2D eigenvalue weighted by molar-refractivity contribution is 5.80. The normalized spacial score (nSPS) is 9.96. The van der Waals surface area contributed by atoms with Crippen LogP contribution in [0.1, 0.15) is 5.56 Å². The van der Waals surface area contributed by atoms with Crippen LogP contribution in [-0.2, 0) is 6.54 Å². The Kier molecular flexibility index (Phi) is 5.64. The zero-order valence-corrected chi connectivity index (χ0v) is 13.7. The van der Waals surface area contributed by atoms with Crippen LogP contribution < -0.4 is 5.73 Å². The molecule has 0 saturated carbocycles. The summed E-state index contributed by atoms with van der Waals surface area (Å²) in [6.45, 7) is 0.640. The maximum atomic E-state index is 5.35. The van der Waals surface area contributed by atoms with Crippen molar-refractivity contribution in [2.75, 3.05) is 0 Å². The topological polar surface area (TPSA) is 80.5 Å². The molecule has 0 atom stereocenters. The van der Waals surface area contributed by atoms with Crippen molar-refractivity contribution < 1.29 is 0 Å². The van der Waals surface area contributed by atoms with E-state index in [4.69, 9.17) is 5.73 Å². The largest absolute Gasteiger partial charge is 0.326 e. The minimum Gasteiger partial charge on any atom is -0.326 e. The van der Waals surface area contributed by atoms with E-state index in [-0.39, 0.29) is 0 Å². The molecule has 25 heavy (non-hydrogen) atoms. The Morgan fingerprint density at radius 2 is 1.32 bits per heavy atom. The minimum absolute atomic E-state index is 0.640. The lowest BCUT2D eigenvalue weighted by Gasteiger charge is -2.06. The van der Waals surface area contributed by atoms with E-state index in [2.05, 4.69) is 38.8 Å². The Bertz CT molecular complexity index is 874. The van der Waals surface area contributed by atoms with Gasteiger partial charge in [-0.15, -0.1) is 5.10 Å². The molecule has 4 rings (SSSR count). The second kappa shape index (κ2) is 8.52. The van der Waals surface area contributed by atoms with Crippen LogP contribution >= 0.6 is 0 Å². The highest BCUT2D eigenvalue weighted by atomic mass is 15.5. The van der Waals surface area contributed by atoms with Gasteiger partial charge in [0.1, 0.15) is 0 Å².